The second kappa shape index (κ2) is 16.8. The van der Waals surface area contributed by atoms with Crippen molar-refractivity contribution in [3.05, 3.63) is 12.2 Å². The average molecular weight is 603 g/mol. The molecule has 0 fully saturated rings. The first-order valence-electron chi connectivity index (χ1n) is 16.2. The molecule has 0 aliphatic carbocycles. The molecule has 0 saturated carbocycles. The lowest BCUT2D eigenvalue weighted by Crippen LogP contribution is -2.47. The fraction of sp³-hybridized carbons (Fsp3) is 0.938. The van der Waals surface area contributed by atoms with E-state index in [-0.39, 0.29) is 23.9 Å². The molecular weight excluding hydrogens is 533 g/mol. The molecule has 0 spiro atoms. The standard InChI is InChI=1S/C32H70O4Si3/c1-16-38(17-2,18-3)35-30(25-28(8)29(9)34-37(14,15)31(10,11)12)27(7)23-22-24-32(13,26-33)36-39(19-4,20-5)21-6/h22,24,27-30,33H,16-21,23,25-26H2,1-15H3/b24-22+/t27-,28-,29-,30+,32+/m0/s1. The Bertz CT molecular complexity index is 681. The third-order valence-electron chi connectivity index (χ3n) is 10.3. The minimum absolute atomic E-state index is 0.0173. The summed E-state index contributed by atoms with van der Waals surface area (Å²) in [6.07, 6.45) is 6.75. The van der Waals surface area contributed by atoms with Crippen molar-refractivity contribution in [1.82, 2.24) is 0 Å². The van der Waals surface area contributed by atoms with Crippen LogP contribution in [-0.2, 0) is 13.3 Å². The highest BCUT2D eigenvalue weighted by atomic mass is 28.4. The molecule has 0 radical (unpaired) electrons. The maximum atomic E-state index is 10.3. The molecule has 0 aromatic carbocycles. The van der Waals surface area contributed by atoms with Crippen LogP contribution in [0.3, 0.4) is 0 Å². The van der Waals surface area contributed by atoms with Crippen LogP contribution in [0.15, 0.2) is 12.2 Å². The monoisotopic (exact) mass is 602 g/mol. The summed E-state index contributed by atoms with van der Waals surface area (Å²) in [4.78, 5) is 0. The van der Waals surface area contributed by atoms with Crippen LogP contribution in [0.25, 0.3) is 0 Å². The molecule has 0 aliphatic heterocycles. The number of allylic oxidation sites excluding steroid dienone is 1. The Morgan fingerprint density at radius 1 is 0.718 bits per heavy atom. The lowest BCUT2D eigenvalue weighted by atomic mass is 9.90. The molecule has 0 aromatic rings. The largest absolute Gasteiger partial charge is 0.414 e. The smallest absolute Gasteiger partial charge is 0.193 e. The van der Waals surface area contributed by atoms with Gasteiger partial charge < -0.3 is 18.4 Å². The van der Waals surface area contributed by atoms with Gasteiger partial charge in [0, 0.05) is 12.2 Å². The van der Waals surface area contributed by atoms with Crippen molar-refractivity contribution in [2.24, 2.45) is 11.8 Å². The first-order chi connectivity index (χ1) is 17.9. The first kappa shape index (κ1) is 39.2. The molecule has 0 saturated heterocycles. The number of aliphatic hydroxyl groups excluding tert-OH is 1. The summed E-state index contributed by atoms with van der Waals surface area (Å²) in [5.41, 5.74) is -0.613. The number of hydrogen-bond donors (Lipinski definition) is 1. The van der Waals surface area contributed by atoms with E-state index in [2.05, 4.69) is 115 Å². The van der Waals surface area contributed by atoms with Crippen LogP contribution in [0.2, 0.25) is 54.4 Å². The molecule has 1 N–H and O–H groups in total. The fourth-order valence-electron chi connectivity index (χ4n) is 5.30. The van der Waals surface area contributed by atoms with Crippen LogP contribution in [0.4, 0.5) is 0 Å². The van der Waals surface area contributed by atoms with E-state index >= 15 is 0 Å². The van der Waals surface area contributed by atoms with E-state index in [0.717, 1.165) is 49.1 Å². The first-order valence-corrected chi connectivity index (χ1v) is 24.2. The Balaban J connectivity index is 5.86. The molecule has 0 bridgehead atoms. The number of aliphatic hydroxyl groups is 1. The van der Waals surface area contributed by atoms with E-state index in [0.29, 0.717) is 11.8 Å². The Kier molecular flexibility index (Phi) is 16.9. The summed E-state index contributed by atoms with van der Waals surface area (Å²) in [6, 6.07) is 6.74. The van der Waals surface area contributed by atoms with E-state index in [1.54, 1.807) is 0 Å². The SMILES string of the molecule is CC[Si](CC)(CC)O[C@H](C[C@H](C)[C@H](C)O[Si](C)(C)C(C)(C)C)[C@@H](C)C/C=C/[C@](C)(CO)O[Si](CC)(CC)CC. The summed E-state index contributed by atoms with van der Waals surface area (Å²) in [7, 11) is -5.42. The van der Waals surface area contributed by atoms with Crippen molar-refractivity contribution < 1.29 is 18.4 Å². The Labute approximate surface area is 248 Å². The molecule has 0 aliphatic rings. The fourth-order valence-corrected chi connectivity index (χ4v) is 12.8. The van der Waals surface area contributed by atoms with Crippen LogP contribution in [0.5, 0.6) is 0 Å². The van der Waals surface area contributed by atoms with Crippen molar-refractivity contribution in [3.8, 4) is 0 Å². The normalized spacial score (nSPS) is 18.7. The maximum Gasteiger partial charge on any atom is 0.193 e. The van der Waals surface area contributed by atoms with Crippen molar-refractivity contribution in [1.29, 1.82) is 0 Å². The lowest BCUT2D eigenvalue weighted by molar-refractivity contribution is 0.0542. The van der Waals surface area contributed by atoms with Gasteiger partial charge >= 0.3 is 0 Å². The second-order valence-electron chi connectivity index (χ2n) is 14.1. The van der Waals surface area contributed by atoms with E-state index in [1.807, 2.05) is 0 Å². The summed E-state index contributed by atoms with van der Waals surface area (Å²) in [5.74, 6) is 0.804. The highest BCUT2D eigenvalue weighted by Crippen LogP contribution is 2.39. The van der Waals surface area contributed by atoms with Gasteiger partial charge in [0.25, 0.3) is 0 Å². The van der Waals surface area contributed by atoms with Gasteiger partial charge in [-0.25, -0.2) is 0 Å². The summed E-state index contributed by atoms with van der Waals surface area (Å²) in [6.45, 7) is 34.4. The Morgan fingerprint density at radius 3 is 1.56 bits per heavy atom. The van der Waals surface area contributed by atoms with Crippen LogP contribution in [-0.4, -0.2) is 54.5 Å². The zero-order chi connectivity index (χ0) is 30.7. The van der Waals surface area contributed by atoms with E-state index < -0.39 is 30.6 Å². The van der Waals surface area contributed by atoms with E-state index in [4.69, 9.17) is 13.3 Å². The van der Waals surface area contributed by atoms with E-state index in [9.17, 15) is 5.11 Å². The van der Waals surface area contributed by atoms with Crippen molar-refractivity contribution >= 4 is 25.0 Å². The molecule has 5 atom stereocenters. The average Bonchev–Trinajstić information content (AvgIpc) is 2.88. The minimum atomic E-state index is -1.83. The molecule has 0 amide bonds. The van der Waals surface area contributed by atoms with Crippen LogP contribution >= 0.6 is 0 Å². The predicted octanol–water partition coefficient (Wildman–Crippen LogP) is 10.2. The van der Waals surface area contributed by atoms with Gasteiger partial charge in [0.05, 0.1) is 12.2 Å². The van der Waals surface area contributed by atoms with Gasteiger partial charge in [-0.2, -0.15) is 0 Å². The predicted molar refractivity (Wildman–Crippen MR) is 180 cm³/mol. The lowest BCUT2D eigenvalue weighted by Gasteiger charge is -2.42. The van der Waals surface area contributed by atoms with Gasteiger partial charge in [0.2, 0.25) is 0 Å². The molecule has 7 heteroatoms. The number of rotatable bonds is 20. The van der Waals surface area contributed by atoms with Gasteiger partial charge in [-0.15, -0.1) is 0 Å². The highest BCUT2D eigenvalue weighted by Gasteiger charge is 2.41. The van der Waals surface area contributed by atoms with Crippen LogP contribution in [0.1, 0.15) is 103 Å². The molecule has 0 heterocycles. The molecule has 0 rings (SSSR count). The van der Waals surface area contributed by atoms with Crippen LogP contribution < -0.4 is 0 Å². The van der Waals surface area contributed by atoms with Crippen molar-refractivity contribution in [3.63, 3.8) is 0 Å². The third-order valence-corrected chi connectivity index (χ3v) is 24.3. The maximum absolute atomic E-state index is 10.3. The third kappa shape index (κ3) is 11.8. The van der Waals surface area contributed by atoms with Gasteiger partial charge in [0.1, 0.15) is 0 Å². The van der Waals surface area contributed by atoms with Gasteiger partial charge in [-0.05, 0) is 92.9 Å². The summed E-state index contributed by atoms with van der Waals surface area (Å²) < 4.78 is 20.7. The molecule has 0 unspecified atom stereocenters. The molecular formula is C32H70O4Si3. The van der Waals surface area contributed by atoms with Crippen molar-refractivity contribution in [2.75, 3.05) is 6.61 Å². The quantitative estimate of drug-likeness (QED) is 0.111. The topological polar surface area (TPSA) is 47.9 Å². The molecule has 39 heavy (non-hydrogen) atoms. The van der Waals surface area contributed by atoms with Gasteiger partial charge in [-0.3, -0.25) is 0 Å². The Hall–Kier alpha value is 0.231. The van der Waals surface area contributed by atoms with Crippen molar-refractivity contribution in [2.45, 2.75) is 175 Å². The highest BCUT2D eigenvalue weighted by molar-refractivity contribution is 6.74. The van der Waals surface area contributed by atoms with Gasteiger partial charge in [-0.1, -0.05) is 88.3 Å². The number of hydrogen-bond acceptors (Lipinski definition) is 4. The minimum Gasteiger partial charge on any atom is -0.414 e. The molecule has 234 valence electrons. The Morgan fingerprint density at radius 2 is 1.18 bits per heavy atom. The second-order valence-corrected chi connectivity index (χ2v) is 28.3. The molecule has 4 nitrogen and oxygen atoms in total. The summed E-state index contributed by atoms with van der Waals surface area (Å²) >= 11 is 0. The van der Waals surface area contributed by atoms with Gasteiger partial charge in [0.15, 0.2) is 25.0 Å². The van der Waals surface area contributed by atoms with Crippen LogP contribution in [0, 0.1) is 11.8 Å². The summed E-state index contributed by atoms with van der Waals surface area (Å²) in [5, 5.41) is 10.5. The zero-order valence-corrected chi connectivity index (χ0v) is 32.0. The molecule has 0 aromatic heterocycles. The zero-order valence-electron chi connectivity index (χ0n) is 29.0. The van der Waals surface area contributed by atoms with E-state index in [1.165, 1.54) is 0 Å².